The topological polar surface area (TPSA) is 118 Å². The number of ether oxygens (including phenoxy) is 2. The molecule has 4 heterocycles. The number of fused-ring (bicyclic) bond motifs is 3. The van der Waals surface area contributed by atoms with Crippen LogP contribution < -0.4 is 4.90 Å². The van der Waals surface area contributed by atoms with Crippen LogP contribution in [0.15, 0.2) is 43.2 Å². The zero-order chi connectivity index (χ0) is 27.6. The second-order valence-electron chi connectivity index (χ2n) is 9.98. The molecule has 0 saturated heterocycles. The van der Waals surface area contributed by atoms with Crippen molar-refractivity contribution in [2.24, 2.45) is 7.05 Å². The number of aromatic nitrogens is 5. The largest absolute Gasteiger partial charge is 0.443 e. The minimum absolute atomic E-state index is 0.0119. The van der Waals surface area contributed by atoms with Gasteiger partial charge >= 0.3 is 6.09 Å². The summed E-state index contributed by atoms with van der Waals surface area (Å²) < 4.78 is 12.4. The van der Waals surface area contributed by atoms with Gasteiger partial charge in [0.05, 0.1) is 35.5 Å². The highest BCUT2D eigenvalue weighted by molar-refractivity contribution is 6.09. The van der Waals surface area contributed by atoms with E-state index in [1.807, 2.05) is 56.7 Å². The minimum atomic E-state index is -0.648. The van der Waals surface area contributed by atoms with E-state index in [4.69, 9.17) is 19.4 Å². The monoisotopic (exact) mass is 519 g/mol. The summed E-state index contributed by atoms with van der Waals surface area (Å²) in [5.74, 6) is 0.240. The number of nitrogens with zero attached hydrogens (tertiary/aromatic N) is 6. The van der Waals surface area contributed by atoms with Crippen LogP contribution in [0.2, 0.25) is 0 Å². The molecule has 0 atom stereocenters. The molecule has 0 spiro atoms. The van der Waals surface area contributed by atoms with Crippen molar-refractivity contribution < 1.29 is 19.1 Å². The summed E-state index contributed by atoms with van der Waals surface area (Å²) >= 11 is 0. The number of pyridine rings is 2. The van der Waals surface area contributed by atoms with Crippen molar-refractivity contribution in [1.29, 1.82) is 0 Å². The normalized spacial score (nSPS) is 11.6. The molecule has 0 aliphatic carbocycles. The SMILES string of the molecule is C=CCN(Cc1cccc(-c2cc3c(nc(N(C)C(=O)OC(C)(C)C)c4ncn(C)c43)[nH]2)n1)C(=O)COC. The maximum Gasteiger partial charge on any atom is 0.415 e. The number of hydrogen-bond donors (Lipinski definition) is 1. The number of anilines is 1. The first-order chi connectivity index (χ1) is 18.0. The van der Waals surface area contributed by atoms with Gasteiger partial charge in [-0.15, -0.1) is 6.58 Å². The maximum absolute atomic E-state index is 12.8. The molecule has 38 heavy (non-hydrogen) atoms. The van der Waals surface area contributed by atoms with E-state index in [2.05, 4.69) is 16.5 Å². The van der Waals surface area contributed by atoms with Crippen molar-refractivity contribution in [1.82, 2.24) is 29.4 Å². The molecule has 0 bridgehead atoms. The third kappa shape index (κ3) is 5.52. The second-order valence-corrected chi connectivity index (χ2v) is 9.98. The van der Waals surface area contributed by atoms with Crippen molar-refractivity contribution in [3.05, 3.63) is 48.9 Å². The Balaban J connectivity index is 1.73. The lowest BCUT2D eigenvalue weighted by atomic mass is 10.2. The Morgan fingerprint density at radius 2 is 2.00 bits per heavy atom. The fourth-order valence-corrected chi connectivity index (χ4v) is 4.11. The smallest absolute Gasteiger partial charge is 0.415 e. The van der Waals surface area contributed by atoms with Crippen LogP contribution in [0.4, 0.5) is 10.6 Å². The first-order valence-corrected chi connectivity index (χ1v) is 12.2. The van der Waals surface area contributed by atoms with Gasteiger partial charge in [-0.1, -0.05) is 12.1 Å². The molecule has 0 aliphatic rings. The lowest BCUT2D eigenvalue weighted by Crippen LogP contribution is -2.34. The van der Waals surface area contributed by atoms with Gasteiger partial charge in [0.25, 0.3) is 0 Å². The molecule has 4 aromatic rings. The third-order valence-corrected chi connectivity index (χ3v) is 5.81. The van der Waals surface area contributed by atoms with Gasteiger partial charge in [-0.25, -0.2) is 19.7 Å². The summed E-state index contributed by atoms with van der Waals surface area (Å²) in [6.45, 7) is 9.87. The molecule has 0 fully saturated rings. The lowest BCUT2D eigenvalue weighted by Gasteiger charge is -2.24. The van der Waals surface area contributed by atoms with Gasteiger partial charge in [-0.05, 0) is 39.0 Å². The summed E-state index contributed by atoms with van der Waals surface area (Å²) in [6, 6.07) is 7.61. The highest BCUT2D eigenvalue weighted by atomic mass is 16.6. The Bertz CT molecular complexity index is 1500. The van der Waals surface area contributed by atoms with Crippen molar-refractivity contribution in [2.45, 2.75) is 32.9 Å². The highest BCUT2D eigenvalue weighted by Crippen LogP contribution is 2.33. The fraction of sp³-hybridized carbons (Fsp3) is 0.370. The molecule has 1 N–H and O–H groups in total. The van der Waals surface area contributed by atoms with Gasteiger partial charge in [0, 0.05) is 33.1 Å². The molecule has 2 amide bonds. The molecule has 4 rings (SSSR count). The number of imidazole rings is 1. The Kier molecular flexibility index (Phi) is 7.49. The van der Waals surface area contributed by atoms with Crippen molar-refractivity contribution in [2.75, 3.05) is 32.2 Å². The minimum Gasteiger partial charge on any atom is -0.443 e. The van der Waals surface area contributed by atoms with Crippen LogP contribution in [0.3, 0.4) is 0 Å². The molecule has 0 radical (unpaired) electrons. The van der Waals surface area contributed by atoms with Gasteiger partial charge in [-0.3, -0.25) is 9.69 Å². The predicted octanol–water partition coefficient (Wildman–Crippen LogP) is 4.04. The molecule has 0 aliphatic heterocycles. The van der Waals surface area contributed by atoms with E-state index >= 15 is 0 Å². The lowest BCUT2D eigenvalue weighted by molar-refractivity contribution is -0.135. The molecule has 4 aromatic heterocycles. The molecule has 0 aromatic carbocycles. The standard InChI is InChI=1S/C27H33N7O4/c1-8-12-34(21(35)15-37-7)14-17-10-9-11-19(29-17)20-13-18-23-22(28-16-32(23)5)25(31-24(18)30-20)33(6)26(36)38-27(2,3)4/h8-11,13,16H,1,12,14-15H2,2-7H3,(H,30,31). The average Bonchev–Trinajstić information content (AvgIpc) is 3.45. The summed E-state index contributed by atoms with van der Waals surface area (Å²) in [5.41, 5.74) is 3.49. The molecule has 11 heteroatoms. The van der Waals surface area contributed by atoms with Crippen molar-refractivity contribution in [3.63, 3.8) is 0 Å². The van der Waals surface area contributed by atoms with E-state index in [1.54, 1.807) is 24.4 Å². The predicted molar refractivity (Wildman–Crippen MR) is 146 cm³/mol. The molecular weight excluding hydrogens is 486 g/mol. The van der Waals surface area contributed by atoms with Gasteiger partial charge in [0.15, 0.2) is 5.82 Å². The number of hydrogen-bond acceptors (Lipinski definition) is 7. The average molecular weight is 520 g/mol. The van der Waals surface area contributed by atoms with Crippen LogP contribution in [0.1, 0.15) is 26.5 Å². The Hall–Kier alpha value is -4.25. The number of aromatic amines is 1. The zero-order valence-electron chi connectivity index (χ0n) is 22.6. The number of amides is 2. The quantitative estimate of drug-likeness (QED) is 0.349. The van der Waals surface area contributed by atoms with E-state index in [9.17, 15) is 9.59 Å². The van der Waals surface area contributed by atoms with Gasteiger partial charge in [0.1, 0.15) is 23.4 Å². The van der Waals surface area contributed by atoms with Crippen LogP contribution in [0.25, 0.3) is 33.5 Å². The van der Waals surface area contributed by atoms with Crippen LogP contribution >= 0.6 is 0 Å². The fourth-order valence-electron chi connectivity index (χ4n) is 4.11. The van der Waals surface area contributed by atoms with Crippen LogP contribution in [-0.4, -0.2) is 74.3 Å². The number of rotatable bonds is 8. The van der Waals surface area contributed by atoms with E-state index in [-0.39, 0.29) is 12.5 Å². The number of carbonyl (C=O) groups is 2. The highest BCUT2D eigenvalue weighted by Gasteiger charge is 2.25. The maximum atomic E-state index is 12.8. The van der Waals surface area contributed by atoms with E-state index in [1.165, 1.54) is 12.0 Å². The molecular formula is C27H33N7O4. The number of nitrogens with one attached hydrogen (secondary N) is 1. The summed E-state index contributed by atoms with van der Waals surface area (Å²) in [6.07, 6.45) is 2.84. The molecule has 11 nitrogen and oxygen atoms in total. The number of methoxy groups -OCH3 is 1. The first kappa shape index (κ1) is 26.8. The number of H-pyrrole nitrogens is 1. The number of aryl methyl sites for hydroxylation is 1. The first-order valence-electron chi connectivity index (χ1n) is 12.2. The third-order valence-electron chi connectivity index (χ3n) is 5.81. The summed E-state index contributed by atoms with van der Waals surface area (Å²) in [7, 11) is 5.00. The molecule has 0 unspecified atom stereocenters. The van der Waals surface area contributed by atoms with Crippen LogP contribution in [-0.2, 0) is 27.9 Å². The van der Waals surface area contributed by atoms with Crippen molar-refractivity contribution >= 4 is 39.9 Å². The van der Waals surface area contributed by atoms with Gasteiger partial charge in [-0.2, -0.15) is 0 Å². The van der Waals surface area contributed by atoms with Gasteiger partial charge in [0.2, 0.25) is 5.91 Å². The summed E-state index contributed by atoms with van der Waals surface area (Å²) in [4.78, 5) is 45.6. The van der Waals surface area contributed by atoms with E-state index in [0.29, 0.717) is 35.8 Å². The van der Waals surface area contributed by atoms with Gasteiger partial charge < -0.3 is 23.9 Å². The molecule has 0 saturated carbocycles. The van der Waals surface area contributed by atoms with Crippen LogP contribution in [0.5, 0.6) is 0 Å². The Morgan fingerprint density at radius 1 is 1.24 bits per heavy atom. The van der Waals surface area contributed by atoms with E-state index < -0.39 is 11.7 Å². The van der Waals surface area contributed by atoms with Crippen LogP contribution in [0, 0.1) is 0 Å². The number of carbonyl (C=O) groups excluding carboxylic acids is 2. The Labute approximate surface area is 221 Å². The second kappa shape index (κ2) is 10.6. The zero-order valence-corrected chi connectivity index (χ0v) is 22.6. The molecule has 200 valence electrons. The Morgan fingerprint density at radius 3 is 2.68 bits per heavy atom. The van der Waals surface area contributed by atoms with Crippen molar-refractivity contribution in [3.8, 4) is 11.4 Å². The summed E-state index contributed by atoms with van der Waals surface area (Å²) in [5, 5.41) is 0.840. The van der Waals surface area contributed by atoms with E-state index in [0.717, 1.165) is 22.3 Å².